The minimum atomic E-state index is -1.92. The van der Waals surface area contributed by atoms with Crippen molar-refractivity contribution < 1.29 is 18.4 Å². The van der Waals surface area contributed by atoms with E-state index in [2.05, 4.69) is 81.6 Å². The van der Waals surface area contributed by atoms with E-state index >= 15 is 0 Å². The lowest BCUT2D eigenvalue weighted by molar-refractivity contribution is -0.139. The van der Waals surface area contributed by atoms with Gasteiger partial charge < -0.3 is 8.85 Å². The summed E-state index contributed by atoms with van der Waals surface area (Å²) in [5.74, 6) is 2.32. The van der Waals surface area contributed by atoms with Crippen LogP contribution in [0.15, 0.2) is 0 Å². The van der Waals surface area contributed by atoms with Gasteiger partial charge in [-0.25, -0.2) is 0 Å². The Morgan fingerprint density at radius 2 is 1.32 bits per heavy atom. The van der Waals surface area contributed by atoms with Crippen molar-refractivity contribution in [3.8, 4) is 0 Å². The summed E-state index contributed by atoms with van der Waals surface area (Å²) < 4.78 is 13.7. The van der Waals surface area contributed by atoms with Gasteiger partial charge in [0.2, 0.25) is 0 Å². The van der Waals surface area contributed by atoms with E-state index in [1.807, 2.05) is 0 Å². The van der Waals surface area contributed by atoms with Crippen molar-refractivity contribution in [2.75, 3.05) is 13.2 Å². The number of hydrogen-bond acceptors (Lipinski definition) is 4. The molecule has 3 saturated carbocycles. The summed E-state index contributed by atoms with van der Waals surface area (Å²) in [5.41, 5.74) is -0.170. The molecular weight excluding hydrogens is 493 g/mol. The number of ketones is 2. The van der Waals surface area contributed by atoms with Crippen LogP contribution in [0.1, 0.15) is 100 Å². The summed E-state index contributed by atoms with van der Waals surface area (Å²) in [6, 6.07) is 0. The molecule has 3 aliphatic rings. The Morgan fingerprint density at radius 3 is 1.86 bits per heavy atom. The summed E-state index contributed by atoms with van der Waals surface area (Å²) in [7, 11) is -3.84. The number of carbonyl (C=O) groups excluding carboxylic acids is 2. The lowest BCUT2D eigenvalue weighted by Gasteiger charge is -2.56. The van der Waals surface area contributed by atoms with E-state index in [4.69, 9.17) is 8.85 Å². The third-order valence-corrected chi connectivity index (χ3v) is 21.2. The Hall–Kier alpha value is -0.306. The van der Waals surface area contributed by atoms with Gasteiger partial charge >= 0.3 is 0 Å². The third kappa shape index (κ3) is 5.93. The van der Waals surface area contributed by atoms with E-state index in [9.17, 15) is 9.59 Å². The number of hydrogen-bond donors (Lipinski definition) is 0. The molecule has 214 valence electrons. The van der Waals surface area contributed by atoms with Crippen LogP contribution in [-0.2, 0) is 18.4 Å². The zero-order valence-corrected chi connectivity index (χ0v) is 28.3. The van der Waals surface area contributed by atoms with Crippen LogP contribution >= 0.6 is 0 Å². The van der Waals surface area contributed by atoms with Gasteiger partial charge in [0.25, 0.3) is 0 Å². The zero-order chi connectivity index (χ0) is 28.2. The van der Waals surface area contributed by atoms with Crippen molar-refractivity contribution >= 4 is 28.2 Å². The third-order valence-electron chi connectivity index (χ3n) is 12.2. The van der Waals surface area contributed by atoms with Crippen LogP contribution in [0.25, 0.3) is 0 Å². The standard InChI is InChI=1S/C31H58O4Si2/c1-28(2,3)36(9,10)34-20-22-19-23(32)15-17-30(22,7)26-16-18-31(8)25(13-14-27(31)33)24(26)21-35-37(11,12)29(4,5)6/h22,24-26H,13-21H2,1-12H3/t22-,24+,25+,26+,30+,31+/m1/s1. The Labute approximate surface area is 230 Å². The highest BCUT2D eigenvalue weighted by atomic mass is 28.4. The molecule has 3 rings (SSSR count). The van der Waals surface area contributed by atoms with Gasteiger partial charge in [0.05, 0.1) is 0 Å². The van der Waals surface area contributed by atoms with E-state index < -0.39 is 16.6 Å². The smallest absolute Gasteiger partial charge is 0.191 e. The van der Waals surface area contributed by atoms with Crippen LogP contribution in [0, 0.1) is 34.5 Å². The van der Waals surface area contributed by atoms with E-state index in [-0.39, 0.29) is 26.8 Å². The van der Waals surface area contributed by atoms with E-state index in [1.165, 1.54) is 0 Å². The fourth-order valence-electron chi connectivity index (χ4n) is 7.12. The van der Waals surface area contributed by atoms with Crippen LogP contribution < -0.4 is 0 Å². The average Bonchev–Trinajstić information content (AvgIpc) is 3.06. The molecule has 0 radical (unpaired) electrons. The second-order valence-corrected chi connectivity index (χ2v) is 26.0. The van der Waals surface area contributed by atoms with Crippen molar-refractivity contribution in [1.29, 1.82) is 0 Å². The molecule has 0 bridgehead atoms. The minimum Gasteiger partial charge on any atom is -0.417 e. The predicted molar refractivity (Wildman–Crippen MR) is 159 cm³/mol. The largest absolute Gasteiger partial charge is 0.417 e. The van der Waals surface area contributed by atoms with Crippen molar-refractivity contribution in [3.63, 3.8) is 0 Å². The highest BCUT2D eigenvalue weighted by Gasteiger charge is 2.59. The monoisotopic (exact) mass is 550 g/mol. The van der Waals surface area contributed by atoms with E-state index in [0.717, 1.165) is 38.7 Å². The van der Waals surface area contributed by atoms with Crippen LogP contribution in [0.5, 0.6) is 0 Å². The molecular formula is C31H58O4Si2. The first kappa shape index (κ1) is 31.2. The van der Waals surface area contributed by atoms with Crippen LogP contribution in [0.2, 0.25) is 36.3 Å². The molecule has 3 aliphatic carbocycles. The SMILES string of the molecule is CC(C)(C)[Si](C)(C)OC[C@@H]1[C@@H]([C@@]2(C)CCC(=O)C[C@@H]2CO[Si](C)(C)C(C)(C)C)CC[C@]2(C)C(=O)CC[C@@H]12. The van der Waals surface area contributed by atoms with Gasteiger partial charge in [-0.05, 0) is 91.0 Å². The number of rotatable bonds is 7. The van der Waals surface area contributed by atoms with Crippen molar-refractivity contribution in [3.05, 3.63) is 0 Å². The molecule has 0 aromatic rings. The lowest BCUT2D eigenvalue weighted by Crippen LogP contribution is -2.54. The second-order valence-electron chi connectivity index (χ2n) is 16.4. The lowest BCUT2D eigenvalue weighted by atomic mass is 9.50. The molecule has 4 nitrogen and oxygen atoms in total. The molecule has 0 saturated heterocycles. The van der Waals surface area contributed by atoms with E-state index in [0.29, 0.717) is 48.8 Å². The van der Waals surface area contributed by atoms with Gasteiger partial charge in [-0.3, -0.25) is 9.59 Å². The summed E-state index contributed by atoms with van der Waals surface area (Å²) in [6.07, 6.45) is 6.02. The molecule has 0 unspecified atom stereocenters. The molecule has 6 heteroatoms. The normalized spacial score (nSPS) is 36.1. The number of carbonyl (C=O) groups is 2. The first-order valence-electron chi connectivity index (χ1n) is 15.0. The fraction of sp³-hybridized carbons (Fsp3) is 0.935. The summed E-state index contributed by atoms with van der Waals surface area (Å²) in [6.45, 7) is 29.3. The predicted octanol–water partition coefficient (Wildman–Crippen LogP) is 8.42. The van der Waals surface area contributed by atoms with Crippen LogP contribution in [0.4, 0.5) is 0 Å². The molecule has 0 spiro atoms. The minimum absolute atomic E-state index is 0.0324. The highest BCUT2D eigenvalue weighted by molar-refractivity contribution is 6.74. The molecule has 0 aromatic carbocycles. The van der Waals surface area contributed by atoms with Gasteiger partial charge in [-0.1, -0.05) is 55.4 Å². The molecule has 3 fully saturated rings. The second kappa shape index (κ2) is 10.3. The first-order chi connectivity index (χ1) is 16.7. The summed E-state index contributed by atoms with van der Waals surface area (Å²) in [4.78, 5) is 25.9. The topological polar surface area (TPSA) is 52.6 Å². The van der Waals surface area contributed by atoms with Crippen molar-refractivity contribution in [2.24, 2.45) is 34.5 Å². The summed E-state index contributed by atoms with van der Waals surface area (Å²) >= 11 is 0. The maximum absolute atomic E-state index is 13.1. The Morgan fingerprint density at radius 1 is 0.784 bits per heavy atom. The number of fused-ring (bicyclic) bond motifs is 1. The van der Waals surface area contributed by atoms with Gasteiger partial charge in [0.1, 0.15) is 11.6 Å². The highest BCUT2D eigenvalue weighted by Crippen LogP contribution is 2.61. The quantitative estimate of drug-likeness (QED) is 0.299. The Kier molecular flexibility index (Phi) is 8.66. The molecule has 0 aromatic heterocycles. The maximum atomic E-state index is 13.1. The molecule has 0 aliphatic heterocycles. The molecule has 37 heavy (non-hydrogen) atoms. The zero-order valence-electron chi connectivity index (χ0n) is 26.3. The Bertz CT molecular complexity index is 867. The molecule has 0 amide bonds. The van der Waals surface area contributed by atoms with Gasteiger partial charge in [0.15, 0.2) is 16.6 Å². The van der Waals surface area contributed by atoms with Crippen molar-refractivity contribution in [1.82, 2.24) is 0 Å². The molecule has 0 N–H and O–H groups in total. The maximum Gasteiger partial charge on any atom is 0.191 e. The fourth-order valence-corrected chi connectivity index (χ4v) is 9.21. The average molecular weight is 551 g/mol. The van der Waals surface area contributed by atoms with Crippen molar-refractivity contribution in [2.45, 2.75) is 137 Å². The Balaban J connectivity index is 1.94. The van der Waals surface area contributed by atoms with Gasteiger partial charge in [-0.15, -0.1) is 0 Å². The van der Waals surface area contributed by atoms with E-state index in [1.54, 1.807) is 0 Å². The van der Waals surface area contributed by atoms with Gasteiger partial charge in [-0.2, -0.15) is 0 Å². The summed E-state index contributed by atoms with van der Waals surface area (Å²) in [5, 5.41) is 0.311. The molecule has 6 atom stereocenters. The number of Topliss-reactive ketones (excluding diaryl/α,β-unsaturated/α-hetero) is 2. The van der Waals surface area contributed by atoms with Gasteiger partial charge in [0, 0.05) is 37.9 Å². The van der Waals surface area contributed by atoms with Crippen LogP contribution in [-0.4, -0.2) is 41.4 Å². The van der Waals surface area contributed by atoms with Crippen LogP contribution in [0.3, 0.4) is 0 Å². The first-order valence-corrected chi connectivity index (χ1v) is 20.8. The molecule has 0 heterocycles.